The Balaban J connectivity index is 3.21. The number of alkyl halides is 3. The number of aliphatic hydroxyl groups is 1. The van der Waals surface area contributed by atoms with Crippen molar-refractivity contribution in [1.82, 2.24) is 0 Å². The van der Waals surface area contributed by atoms with E-state index >= 15 is 0 Å². The van der Waals surface area contributed by atoms with Crippen LogP contribution in [0, 0.1) is 0 Å². The molecular formula is C10H8ClF3O. The highest BCUT2D eigenvalue weighted by Crippen LogP contribution is 2.34. The second kappa shape index (κ2) is 4.68. The van der Waals surface area contributed by atoms with Gasteiger partial charge in [-0.25, -0.2) is 0 Å². The topological polar surface area (TPSA) is 20.2 Å². The molecule has 1 aromatic rings. The van der Waals surface area contributed by atoms with Gasteiger partial charge in [0.2, 0.25) is 0 Å². The molecular weight excluding hydrogens is 229 g/mol. The fraction of sp³-hybridized carbons (Fsp3) is 0.200. The largest absolute Gasteiger partial charge is 0.417 e. The number of aliphatic hydroxyl groups excluding tert-OH is 1. The highest BCUT2D eigenvalue weighted by Gasteiger charge is 2.32. The molecule has 0 atom stereocenters. The fourth-order valence-corrected chi connectivity index (χ4v) is 1.27. The second-order valence-electron chi connectivity index (χ2n) is 2.81. The van der Waals surface area contributed by atoms with Crippen LogP contribution in [0.25, 0.3) is 6.08 Å². The van der Waals surface area contributed by atoms with Crippen LogP contribution < -0.4 is 0 Å². The summed E-state index contributed by atoms with van der Waals surface area (Å²) < 4.78 is 37.5. The number of hydrogen-bond acceptors (Lipinski definition) is 1. The predicted octanol–water partition coefficient (Wildman–Crippen LogP) is 3.36. The maximum Gasteiger partial charge on any atom is 0.417 e. The zero-order chi connectivity index (χ0) is 11.5. The van der Waals surface area contributed by atoms with Gasteiger partial charge in [0.05, 0.1) is 12.2 Å². The zero-order valence-corrected chi connectivity index (χ0v) is 8.31. The van der Waals surface area contributed by atoms with Crippen LogP contribution in [-0.2, 0) is 6.18 Å². The van der Waals surface area contributed by atoms with Crippen molar-refractivity contribution in [3.8, 4) is 0 Å². The van der Waals surface area contributed by atoms with E-state index in [1.165, 1.54) is 24.3 Å². The van der Waals surface area contributed by atoms with Crippen molar-refractivity contribution in [3.05, 3.63) is 40.4 Å². The van der Waals surface area contributed by atoms with E-state index in [2.05, 4.69) is 0 Å². The Bertz CT molecular complexity index is 371. The number of rotatable bonds is 2. The Morgan fingerprint density at radius 2 is 2.00 bits per heavy atom. The van der Waals surface area contributed by atoms with Crippen molar-refractivity contribution in [2.75, 3.05) is 6.61 Å². The quantitative estimate of drug-likeness (QED) is 0.835. The van der Waals surface area contributed by atoms with Crippen LogP contribution in [0.2, 0.25) is 5.02 Å². The first-order chi connectivity index (χ1) is 6.95. The molecule has 0 heterocycles. The summed E-state index contributed by atoms with van der Waals surface area (Å²) in [5.74, 6) is 0. The summed E-state index contributed by atoms with van der Waals surface area (Å²) in [5, 5.41) is 8.51. The summed E-state index contributed by atoms with van der Waals surface area (Å²) in [4.78, 5) is 0. The van der Waals surface area contributed by atoms with Crippen molar-refractivity contribution in [3.63, 3.8) is 0 Å². The van der Waals surface area contributed by atoms with Crippen LogP contribution in [-0.4, -0.2) is 11.7 Å². The first-order valence-electron chi connectivity index (χ1n) is 4.09. The molecule has 0 aromatic heterocycles. The van der Waals surface area contributed by atoms with E-state index in [-0.39, 0.29) is 17.2 Å². The normalized spacial score (nSPS) is 12.3. The average Bonchev–Trinajstić information content (AvgIpc) is 2.14. The first-order valence-corrected chi connectivity index (χ1v) is 4.47. The Morgan fingerprint density at radius 3 is 2.53 bits per heavy atom. The van der Waals surface area contributed by atoms with Crippen LogP contribution in [0.3, 0.4) is 0 Å². The maximum atomic E-state index is 12.5. The van der Waals surface area contributed by atoms with Gasteiger partial charge in [-0.05, 0) is 17.7 Å². The minimum atomic E-state index is -4.44. The minimum absolute atomic E-state index is 0.0130. The molecule has 5 heteroatoms. The molecule has 0 aliphatic heterocycles. The van der Waals surface area contributed by atoms with Crippen LogP contribution in [0.1, 0.15) is 11.1 Å². The summed E-state index contributed by atoms with van der Waals surface area (Å²) in [7, 11) is 0. The molecule has 0 fully saturated rings. The van der Waals surface area contributed by atoms with E-state index in [4.69, 9.17) is 16.7 Å². The molecule has 0 aliphatic carbocycles. The molecule has 82 valence electrons. The van der Waals surface area contributed by atoms with Crippen LogP contribution in [0.5, 0.6) is 0 Å². The molecule has 1 nitrogen and oxygen atoms in total. The zero-order valence-electron chi connectivity index (χ0n) is 7.55. The predicted molar refractivity (Wildman–Crippen MR) is 52.6 cm³/mol. The highest BCUT2D eigenvalue weighted by molar-refractivity contribution is 6.30. The Morgan fingerprint density at radius 1 is 1.33 bits per heavy atom. The lowest BCUT2D eigenvalue weighted by molar-refractivity contribution is -0.137. The van der Waals surface area contributed by atoms with E-state index in [1.54, 1.807) is 0 Å². The lowest BCUT2D eigenvalue weighted by atomic mass is 10.1. The van der Waals surface area contributed by atoms with Gasteiger partial charge in [-0.1, -0.05) is 29.8 Å². The summed E-state index contributed by atoms with van der Waals surface area (Å²) in [5.41, 5.74) is -0.819. The first kappa shape index (κ1) is 12.1. The van der Waals surface area contributed by atoms with Gasteiger partial charge in [-0.2, -0.15) is 13.2 Å². The smallest absolute Gasteiger partial charge is 0.392 e. The Hall–Kier alpha value is -1.00. The molecule has 0 saturated heterocycles. The summed E-state index contributed by atoms with van der Waals surface area (Å²) in [6, 6.07) is 3.49. The minimum Gasteiger partial charge on any atom is -0.392 e. The van der Waals surface area contributed by atoms with Gasteiger partial charge in [0.25, 0.3) is 0 Å². The van der Waals surface area contributed by atoms with Crippen molar-refractivity contribution in [2.24, 2.45) is 0 Å². The molecule has 0 spiro atoms. The molecule has 15 heavy (non-hydrogen) atoms. The van der Waals surface area contributed by atoms with Crippen LogP contribution >= 0.6 is 11.6 Å². The molecule has 0 bridgehead atoms. The lowest BCUT2D eigenvalue weighted by Crippen LogP contribution is -2.07. The fourth-order valence-electron chi connectivity index (χ4n) is 1.10. The summed E-state index contributed by atoms with van der Waals surface area (Å²) >= 11 is 5.48. The molecule has 1 aromatic carbocycles. The van der Waals surface area contributed by atoms with Gasteiger partial charge in [0, 0.05) is 5.02 Å². The SMILES string of the molecule is OCC=Cc1ccc(Cl)cc1C(F)(F)F. The molecule has 0 amide bonds. The average molecular weight is 237 g/mol. The van der Waals surface area contributed by atoms with Crippen molar-refractivity contribution < 1.29 is 18.3 Å². The molecule has 0 saturated carbocycles. The maximum absolute atomic E-state index is 12.5. The van der Waals surface area contributed by atoms with Gasteiger partial charge in [0.15, 0.2) is 0 Å². The van der Waals surface area contributed by atoms with Gasteiger partial charge in [-0.3, -0.25) is 0 Å². The lowest BCUT2D eigenvalue weighted by Gasteiger charge is -2.10. The van der Waals surface area contributed by atoms with E-state index in [0.717, 1.165) is 6.07 Å². The Labute approximate surface area is 89.8 Å². The Kier molecular flexibility index (Phi) is 3.77. The number of halogens is 4. The van der Waals surface area contributed by atoms with Crippen molar-refractivity contribution in [1.29, 1.82) is 0 Å². The second-order valence-corrected chi connectivity index (χ2v) is 3.25. The van der Waals surface area contributed by atoms with Crippen LogP contribution in [0.15, 0.2) is 24.3 Å². The van der Waals surface area contributed by atoms with Crippen molar-refractivity contribution >= 4 is 17.7 Å². The third-order valence-corrected chi connectivity index (χ3v) is 1.96. The number of hydrogen-bond donors (Lipinski definition) is 1. The van der Waals surface area contributed by atoms with Gasteiger partial charge >= 0.3 is 6.18 Å². The van der Waals surface area contributed by atoms with Gasteiger partial charge < -0.3 is 5.11 Å². The molecule has 1 N–H and O–H groups in total. The van der Waals surface area contributed by atoms with Gasteiger partial charge in [-0.15, -0.1) is 0 Å². The molecule has 0 aliphatic rings. The molecule has 0 unspecified atom stereocenters. The van der Waals surface area contributed by atoms with E-state index in [1.807, 2.05) is 0 Å². The van der Waals surface area contributed by atoms with E-state index < -0.39 is 11.7 Å². The van der Waals surface area contributed by atoms with E-state index in [0.29, 0.717) is 0 Å². The summed E-state index contributed by atoms with van der Waals surface area (Å²) in [6.45, 7) is -0.306. The van der Waals surface area contributed by atoms with Crippen molar-refractivity contribution in [2.45, 2.75) is 6.18 Å². The van der Waals surface area contributed by atoms with E-state index in [9.17, 15) is 13.2 Å². The number of benzene rings is 1. The van der Waals surface area contributed by atoms with Gasteiger partial charge in [0.1, 0.15) is 0 Å². The third-order valence-electron chi connectivity index (χ3n) is 1.72. The highest BCUT2D eigenvalue weighted by atomic mass is 35.5. The molecule has 0 radical (unpaired) electrons. The summed E-state index contributed by atoms with van der Waals surface area (Å²) in [6.07, 6.45) is -2.00. The monoisotopic (exact) mass is 236 g/mol. The third kappa shape index (κ3) is 3.25. The van der Waals surface area contributed by atoms with Crippen LogP contribution in [0.4, 0.5) is 13.2 Å². The molecule has 1 rings (SSSR count). The standard InChI is InChI=1S/C10H8ClF3O/c11-8-4-3-7(2-1-5-15)9(6-8)10(12,13)14/h1-4,6,15H,5H2.